The van der Waals surface area contributed by atoms with E-state index in [1.165, 1.54) is 0 Å². The van der Waals surface area contributed by atoms with Crippen LogP contribution in [0.5, 0.6) is 0 Å². The average Bonchev–Trinajstić information content (AvgIpc) is 3.53. The third-order valence-electron chi connectivity index (χ3n) is 6.16. The van der Waals surface area contributed by atoms with Crippen LogP contribution in [0.15, 0.2) is 59.3 Å². The third-order valence-corrected chi connectivity index (χ3v) is 6.69. The van der Waals surface area contributed by atoms with Crippen molar-refractivity contribution < 1.29 is 9.59 Å². The molecule has 2 aliphatic heterocycles. The lowest BCUT2D eigenvalue weighted by Crippen LogP contribution is -2.40. The minimum absolute atomic E-state index is 0.149. The predicted octanol–water partition coefficient (Wildman–Crippen LogP) is 4.08. The lowest BCUT2D eigenvalue weighted by atomic mass is 9.94. The highest BCUT2D eigenvalue weighted by Gasteiger charge is 2.28. The van der Waals surface area contributed by atoms with Crippen molar-refractivity contribution in [2.45, 2.75) is 13.8 Å². The van der Waals surface area contributed by atoms with Crippen molar-refractivity contribution in [3.63, 3.8) is 0 Å². The van der Waals surface area contributed by atoms with Crippen molar-refractivity contribution in [2.75, 3.05) is 18.4 Å². The Morgan fingerprint density at radius 3 is 2.69 bits per heavy atom. The summed E-state index contributed by atoms with van der Waals surface area (Å²) in [6.07, 6.45) is 5.48. The normalized spacial score (nSPS) is 15.3. The van der Waals surface area contributed by atoms with Gasteiger partial charge in [0.1, 0.15) is 0 Å². The highest BCUT2D eigenvalue weighted by atomic mass is 79.9. The molecule has 178 valence electrons. The van der Waals surface area contributed by atoms with Crippen LogP contribution in [0.4, 0.5) is 5.69 Å². The molecule has 0 bridgehead atoms. The van der Waals surface area contributed by atoms with Gasteiger partial charge in [-0.2, -0.15) is 0 Å². The third kappa shape index (κ3) is 4.48. The number of nitrogens with one attached hydrogen (secondary N) is 5. The number of aromatic amines is 1. The number of H-pyrrole nitrogens is 1. The van der Waals surface area contributed by atoms with Crippen molar-refractivity contribution in [1.29, 1.82) is 0 Å². The number of nitrogens with zero attached hydrogens (tertiary/aromatic N) is 1. The highest BCUT2D eigenvalue weighted by molar-refractivity contribution is 9.10. The minimum Gasteiger partial charge on any atom is -0.358 e. The van der Waals surface area contributed by atoms with Crippen molar-refractivity contribution in [2.24, 2.45) is 0 Å². The van der Waals surface area contributed by atoms with Gasteiger partial charge in [0.25, 0.3) is 11.8 Å². The number of aryl methyl sites for hydroxylation is 1. The molecule has 2 amide bonds. The van der Waals surface area contributed by atoms with Crippen molar-refractivity contribution in [1.82, 2.24) is 26.3 Å². The Labute approximate surface area is 211 Å². The molecule has 2 aliphatic rings. The fraction of sp³-hybridized carbons (Fsp3) is 0.154. The molecule has 0 aliphatic carbocycles. The molecule has 8 nitrogen and oxygen atoms in total. The number of carbonyl (C=O) groups excluding carboxylic acids is 2. The summed E-state index contributed by atoms with van der Waals surface area (Å²) in [5.41, 5.74) is 12.9. The Balaban J connectivity index is 1.45. The van der Waals surface area contributed by atoms with Crippen LogP contribution in [-0.2, 0) is 4.79 Å². The van der Waals surface area contributed by atoms with E-state index in [1.807, 2.05) is 73.6 Å². The zero-order valence-corrected chi connectivity index (χ0v) is 20.9. The summed E-state index contributed by atoms with van der Waals surface area (Å²) in [6, 6.07) is 13.9. The second-order valence-corrected chi connectivity index (χ2v) is 9.35. The summed E-state index contributed by atoms with van der Waals surface area (Å²) in [7, 11) is 0. The number of amides is 2. The Kier molecular flexibility index (Phi) is 6.19. The molecule has 1 aromatic heterocycles. The fourth-order valence-corrected chi connectivity index (χ4v) is 4.72. The number of rotatable bonds is 6. The summed E-state index contributed by atoms with van der Waals surface area (Å²) < 4.78 is 0.993. The van der Waals surface area contributed by atoms with Crippen LogP contribution < -0.4 is 21.6 Å². The van der Waals surface area contributed by atoms with E-state index >= 15 is 0 Å². The highest BCUT2D eigenvalue weighted by Crippen LogP contribution is 2.41. The van der Waals surface area contributed by atoms with E-state index in [0.717, 1.165) is 43.8 Å². The number of hydrogen-bond acceptors (Lipinski definition) is 5. The minimum atomic E-state index is -0.165. The number of carbonyl (C=O) groups is 2. The van der Waals surface area contributed by atoms with E-state index in [2.05, 4.69) is 42.5 Å². The van der Waals surface area contributed by atoms with E-state index in [4.69, 9.17) is 0 Å². The summed E-state index contributed by atoms with van der Waals surface area (Å²) in [5.74, 6) is -0.314. The van der Waals surface area contributed by atoms with Gasteiger partial charge in [-0.25, -0.2) is 0 Å². The van der Waals surface area contributed by atoms with Crippen molar-refractivity contribution in [3.05, 3.63) is 87.4 Å². The Hall–Kier alpha value is -3.82. The van der Waals surface area contributed by atoms with Crippen molar-refractivity contribution >= 4 is 45.1 Å². The van der Waals surface area contributed by atoms with Crippen LogP contribution in [0, 0.1) is 13.8 Å². The molecule has 0 saturated carbocycles. The number of halogens is 1. The monoisotopic (exact) mass is 532 g/mol. The number of hydrogen-bond donors (Lipinski definition) is 5. The number of hydrazine groups is 2. The van der Waals surface area contributed by atoms with Crippen molar-refractivity contribution in [3.8, 4) is 11.1 Å². The van der Waals surface area contributed by atoms with Gasteiger partial charge in [-0.3, -0.25) is 14.6 Å². The fourth-order valence-electron chi connectivity index (χ4n) is 4.45. The van der Waals surface area contributed by atoms with Gasteiger partial charge in [-0.05, 0) is 54.8 Å². The predicted molar refractivity (Wildman–Crippen MR) is 141 cm³/mol. The van der Waals surface area contributed by atoms with E-state index in [-0.39, 0.29) is 11.8 Å². The lowest BCUT2D eigenvalue weighted by molar-refractivity contribution is -0.110. The average molecular weight is 533 g/mol. The summed E-state index contributed by atoms with van der Waals surface area (Å²) in [5, 5.41) is 7.78. The molecule has 0 fully saturated rings. The zero-order valence-electron chi connectivity index (χ0n) is 19.3. The first-order valence-electron chi connectivity index (χ1n) is 11.3. The number of aromatic nitrogens is 1. The lowest BCUT2D eigenvalue weighted by Gasteiger charge is -2.15. The molecular formula is C26H25BrN6O2. The Morgan fingerprint density at radius 1 is 1.14 bits per heavy atom. The quantitative estimate of drug-likeness (QED) is 0.308. The maximum atomic E-state index is 13.0. The SMILES string of the molecule is Cc1[nH]c(/C=C2\C(=O)Nc3cccc(-c4ccc(Br)cc4)c32)c(C)c1C(=O)NCCN1C=CNN1. The van der Waals surface area contributed by atoms with Gasteiger partial charge in [0.2, 0.25) is 0 Å². The van der Waals surface area contributed by atoms with Gasteiger partial charge < -0.3 is 21.0 Å². The molecule has 35 heavy (non-hydrogen) atoms. The maximum Gasteiger partial charge on any atom is 0.256 e. The molecule has 9 heteroatoms. The second-order valence-electron chi connectivity index (χ2n) is 8.43. The zero-order chi connectivity index (χ0) is 24.5. The first-order valence-corrected chi connectivity index (χ1v) is 12.1. The number of benzene rings is 2. The molecular weight excluding hydrogens is 508 g/mol. The first-order chi connectivity index (χ1) is 16.9. The standard InChI is InChI=1S/C26H25BrN6O2/c1-15-22(30-16(2)23(15)26(35)28-10-12-33-13-11-29-32-33)14-20-24-19(17-6-8-18(27)9-7-17)4-3-5-21(24)31-25(20)34/h3-9,11,13-14,29-30,32H,10,12H2,1-2H3,(H,28,35)(H,31,34)/b20-14-. The van der Waals surface area contributed by atoms with Gasteiger partial charge in [-0.15, -0.1) is 5.53 Å². The molecule has 0 radical (unpaired) electrons. The van der Waals surface area contributed by atoms with Gasteiger partial charge in [-0.1, -0.05) is 40.2 Å². The van der Waals surface area contributed by atoms with Gasteiger partial charge in [0.15, 0.2) is 0 Å². The maximum absolute atomic E-state index is 13.0. The van der Waals surface area contributed by atoms with Gasteiger partial charge in [0.05, 0.1) is 17.7 Å². The van der Waals surface area contributed by atoms with E-state index < -0.39 is 0 Å². The molecule has 2 aromatic carbocycles. The van der Waals surface area contributed by atoms with Crippen LogP contribution in [-0.4, -0.2) is 34.9 Å². The topological polar surface area (TPSA) is 101 Å². The molecule has 0 saturated heterocycles. The molecule has 0 unspecified atom stereocenters. The van der Waals surface area contributed by atoms with Crippen LogP contribution in [0.2, 0.25) is 0 Å². The molecule has 3 heterocycles. The Morgan fingerprint density at radius 2 is 1.94 bits per heavy atom. The van der Waals surface area contributed by atoms with Gasteiger partial charge in [0, 0.05) is 46.1 Å². The van der Waals surface area contributed by atoms with E-state index in [9.17, 15) is 9.59 Å². The van der Waals surface area contributed by atoms with E-state index in [0.29, 0.717) is 24.2 Å². The first kappa shape index (κ1) is 22.9. The molecule has 5 rings (SSSR count). The molecule has 0 atom stereocenters. The smallest absolute Gasteiger partial charge is 0.256 e. The summed E-state index contributed by atoms with van der Waals surface area (Å²) >= 11 is 3.48. The van der Waals surface area contributed by atoms with Gasteiger partial charge >= 0.3 is 0 Å². The molecule has 0 spiro atoms. The summed E-state index contributed by atoms with van der Waals surface area (Å²) in [4.78, 5) is 29.2. The molecule has 3 aromatic rings. The number of anilines is 1. The van der Waals surface area contributed by atoms with Crippen LogP contribution in [0.25, 0.3) is 22.8 Å². The second kappa shape index (κ2) is 9.44. The van der Waals surface area contributed by atoms with Crippen LogP contribution in [0.3, 0.4) is 0 Å². The number of fused-ring (bicyclic) bond motifs is 1. The van der Waals surface area contributed by atoms with Crippen LogP contribution in [0.1, 0.15) is 32.9 Å². The summed E-state index contributed by atoms with van der Waals surface area (Å²) in [6.45, 7) is 4.86. The largest absolute Gasteiger partial charge is 0.358 e. The van der Waals surface area contributed by atoms with Crippen LogP contribution >= 0.6 is 15.9 Å². The molecule has 5 N–H and O–H groups in total. The van der Waals surface area contributed by atoms with E-state index in [1.54, 1.807) is 6.20 Å². The Bertz CT molecular complexity index is 1370.